The zero-order valence-electron chi connectivity index (χ0n) is 38.6. The van der Waals surface area contributed by atoms with Gasteiger partial charge in [-0.1, -0.05) is 76.2 Å². The van der Waals surface area contributed by atoms with Crippen molar-refractivity contribution in [1.29, 1.82) is 0 Å². The highest BCUT2D eigenvalue weighted by Gasteiger charge is 2.47. The van der Waals surface area contributed by atoms with Crippen LogP contribution in [0, 0.1) is 23.7 Å². The van der Waals surface area contributed by atoms with Crippen LogP contribution in [0.15, 0.2) is 73.1 Å². The van der Waals surface area contributed by atoms with Crippen LogP contribution in [0.3, 0.4) is 0 Å². The summed E-state index contributed by atoms with van der Waals surface area (Å²) in [5.41, 5.74) is 5.85. The molecule has 4 N–H and O–H groups in total. The summed E-state index contributed by atoms with van der Waals surface area (Å²) in [5.74, 6) is 1.49. The molecule has 0 unspecified atom stereocenters. The second-order valence-corrected chi connectivity index (χ2v) is 18.6. The quantitative estimate of drug-likeness (QED) is 0.101. The third kappa shape index (κ3) is 9.20. The van der Waals surface area contributed by atoms with Gasteiger partial charge in [-0.05, 0) is 103 Å². The molecule has 3 aliphatic heterocycles. The average molecular weight is 887 g/mol. The van der Waals surface area contributed by atoms with Gasteiger partial charge in [0.25, 0.3) is 0 Å². The second-order valence-electron chi connectivity index (χ2n) is 18.6. The van der Waals surface area contributed by atoms with Crippen molar-refractivity contribution in [1.82, 2.24) is 40.4 Å². The fourth-order valence-electron chi connectivity index (χ4n) is 10.0. The number of ether oxygens (including phenoxy) is 3. The number of aromatic amines is 2. The van der Waals surface area contributed by atoms with Crippen LogP contribution < -0.4 is 10.6 Å². The number of carbonyl (C=O) groups excluding carboxylic acids is 4. The van der Waals surface area contributed by atoms with Crippen LogP contribution in [0.5, 0.6) is 0 Å². The number of H-pyrrole nitrogens is 2. The van der Waals surface area contributed by atoms with Gasteiger partial charge in [0.05, 0.1) is 50.1 Å². The normalized spacial score (nSPS) is 23.4. The number of fused-ring (bicyclic) bond motifs is 1. The number of aromatic nitrogens is 4. The number of rotatable bonds is 11. The molecule has 3 aromatic carbocycles. The lowest BCUT2D eigenvalue weighted by Crippen LogP contribution is -2.54. The Kier molecular flexibility index (Phi) is 13.3. The van der Waals surface area contributed by atoms with Gasteiger partial charge < -0.3 is 44.6 Å². The summed E-state index contributed by atoms with van der Waals surface area (Å²) < 4.78 is 15.3. The SMILES string of the molecule is COC(=O)N[C@H](C(=O)N1[C@H](C)[C@H](C)C[C@H]1c1ncc(-c2ccc(-c3ccc4cc(-c5cnc([C@@H]6C[C@@H](C)[C@@H](C)N6C(=O)[C@@H](NC(=O)OC)C6CCOCC6)[nH]5)ccc4c3)cc2)[nH]1)C(C)C. The number of nitrogens with one attached hydrogen (secondary N) is 4. The van der Waals surface area contributed by atoms with E-state index in [2.05, 4.69) is 109 Å². The fourth-order valence-corrected chi connectivity index (χ4v) is 10.0. The van der Waals surface area contributed by atoms with Crippen LogP contribution in [-0.2, 0) is 23.8 Å². The predicted molar refractivity (Wildman–Crippen MR) is 247 cm³/mol. The number of alkyl carbamates (subject to hydrolysis) is 2. The molecule has 8 atom stereocenters. The van der Waals surface area contributed by atoms with E-state index >= 15 is 0 Å². The molecule has 3 fully saturated rings. The maximum absolute atomic E-state index is 14.4. The van der Waals surface area contributed by atoms with E-state index in [4.69, 9.17) is 24.2 Å². The first-order chi connectivity index (χ1) is 31.3. The minimum atomic E-state index is -0.718. The minimum Gasteiger partial charge on any atom is -0.453 e. The van der Waals surface area contributed by atoms with Gasteiger partial charge in [0, 0.05) is 30.9 Å². The van der Waals surface area contributed by atoms with Gasteiger partial charge in [-0.25, -0.2) is 19.6 Å². The topological polar surface area (TPSA) is 184 Å². The maximum Gasteiger partial charge on any atom is 0.407 e. The van der Waals surface area contributed by atoms with Crippen LogP contribution in [0.1, 0.15) is 91.0 Å². The summed E-state index contributed by atoms with van der Waals surface area (Å²) in [7, 11) is 2.61. The molecule has 5 aromatic rings. The molecule has 15 heteroatoms. The Bertz CT molecular complexity index is 2510. The zero-order valence-corrected chi connectivity index (χ0v) is 38.6. The van der Waals surface area contributed by atoms with E-state index in [9.17, 15) is 19.2 Å². The van der Waals surface area contributed by atoms with Gasteiger partial charge in [0.15, 0.2) is 0 Å². The molecule has 2 aromatic heterocycles. The summed E-state index contributed by atoms with van der Waals surface area (Å²) in [6, 6.07) is 19.1. The smallest absolute Gasteiger partial charge is 0.407 e. The van der Waals surface area contributed by atoms with Gasteiger partial charge in [0.1, 0.15) is 23.7 Å². The highest BCUT2D eigenvalue weighted by atomic mass is 16.5. The van der Waals surface area contributed by atoms with Crippen molar-refractivity contribution in [2.75, 3.05) is 27.4 Å². The number of benzene rings is 3. The number of nitrogens with zero attached hydrogens (tertiary/aromatic N) is 4. The van der Waals surface area contributed by atoms with Gasteiger partial charge in [0.2, 0.25) is 11.8 Å². The molecule has 0 spiro atoms. The van der Waals surface area contributed by atoms with Crippen LogP contribution >= 0.6 is 0 Å². The molecular formula is C50H62N8O7. The van der Waals surface area contributed by atoms with Crippen molar-refractivity contribution in [3.05, 3.63) is 84.7 Å². The Labute approximate surface area is 380 Å². The second kappa shape index (κ2) is 19.1. The number of hydrogen-bond acceptors (Lipinski definition) is 9. The van der Waals surface area contributed by atoms with Gasteiger partial charge in [-0.2, -0.15) is 0 Å². The molecule has 3 aliphatic rings. The number of hydrogen-bond donors (Lipinski definition) is 4. The van der Waals surface area contributed by atoms with Crippen LogP contribution in [0.4, 0.5) is 9.59 Å². The highest BCUT2D eigenvalue weighted by Crippen LogP contribution is 2.42. The number of amides is 4. The Morgan fingerprint density at radius 2 is 1.14 bits per heavy atom. The van der Waals surface area contributed by atoms with Gasteiger partial charge in [-0.15, -0.1) is 0 Å². The van der Waals surface area contributed by atoms with Crippen LogP contribution in [-0.4, -0.2) is 105 Å². The number of carbonyl (C=O) groups is 4. The molecule has 65 heavy (non-hydrogen) atoms. The Balaban J connectivity index is 0.966. The standard InChI is InChI=1S/C50H62N8O7/c1-27(2)43(55-49(61)63-7)47(59)57-30(5)28(3)21-41(57)45-51-25-39(53-45)33-11-9-32(10-12-33)35-13-14-37-24-38(16-15-36(37)23-35)40-26-52-46(54-40)42-22-29(4)31(6)58(42)48(60)44(56-50(62)64-8)34-17-19-65-20-18-34/h9-16,23-31,34,41-44H,17-22H2,1-8H3,(H,51,53)(H,52,54)(H,55,61)(H,56,62)/t28-,29-,30-,31-,41+,42+,43+,44+/m1/s1. The number of likely N-dealkylation sites (tertiary alicyclic amines) is 2. The van der Waals surface area contributed by atoms with Crippen LogP contribution in [0.2, 0.25) is 0 Å². The highest BCUT2D eigenvalue weighted by molar-refractivity contribution is 5.91. The van der Waals surface area contributed by atoms with Crippen LogP contribution in [0.25, 0.3) is 44.4 Å². The van der Waals surface area contributed by atoms with E-state index < -0.39 is 24.3 Å². The lowest BCUT2D eigenvalue weighted by Gasteiger charge is -2.36. The van der Waals surface area contributed by atoms with E-state index in [1.165, 1.54) is 14.2 Å². The molecule has 0 bridgehead atoms. The Morgan fingerprint density at radius 1 is 0.662 bits per heavy atom. The molecule has 3 saturated heterocycles. The third-order valence-corrected chi connectivity index (χ3v) is 14.3. The van der Waals surface area contributed by atoms with Crippen molar-refractivity contribution >= 4 is 34.8 Å². The number of imidazole rings is 2. The third-order valence-electron chi connectivity index (χ3n) is 14.3. The van der Waals surface area contributed by atoms with E-state index in [0.717, 1.165) is 68.9 Å². The van der Waals surface area contributed by atoms with E-state index in [1.807, 2.05) is 36.0 Å². The molecule has 4 amide bonds. The fraction of sp³-hybridized carbons (Fsp3) is 0.480. The van der Waals surface area contributed by atoms with Crippen molar-refractivity contribution in [3.63, 3.8) is 0 Å². The Morgan fingerprint density at radius 3 is 1.69 bits per heavy atom. The monoisotopic (exact) mass is 886 g/mol. The minimum absolute atomic E-state index is 0.0339. The predicted octanol–water partition coefficient (Wildman–Crippen LogP) is 8.41. The molecule has 5 heterocycles. The summed E-state index contributed by atoms with van der Waals surface area (Å²) in [5, 5.41) is 7.78. The largest absolute Gasteiger partial charge is 0.453 e. The summed E-state index contributed by atoms with van der Waals surface area (Å²) in [6.45, 7) is 13.3. The maximum atomic E-state index is 14.4. The molecular weight excluding hydrogens is 825 g/mol. The van der Waals surface area contributed by atoms with Gasteiger partial charge >= 0.3 is 12.2 Å². The first-order valence-electron chi connectivity index (χ1n) is 22.9. The molecule has 0 saturated carbocycles. The van der Waals surface area contributed by atoms with Crippen molar-refractivity contribution in [2.24, 2.45) is 23.7 Å². The summed E-state index contributed by atoms with van der Waals surface area (Å²) >= 11 is 0. The van der Waals surface area contributed by atoms with E-state index in [-0.39, 0.29) is 59.7 Å². The Hall–Kier alpha value is -6.22. The van der Waals surface area contributed by atoms with Gasteiger partial charge in [-0.3, -0.25) is 9.59 Å². The average Bonchev–Trinajstić information content (AvgIpc) is 4.13. The number of methoxy groups -OCH3 is 2. The molecule has 0 radical (unpaired) electrons. The molecule has 8 rings (SSSR count). The molecule has 0 aliphatic carbocycles. The van der Waals surface area contributed by atoms with E-state index in [1.54, 1.807) is 0 Å². The summed E-state index contributed by atoms with van der Waals surface area (Å²) in [6.07, 6.45) is 5.29. The van der Waals surface area contributed by atoms with Crippen molar-refractivity contribution in [3.8, 4) is 33.6 Å². The summed E-state index contributed by atoms with van der Waals surface area (Å²) in [4.78, 5) is 73.3. The molecule has 344 valence electrons. The van der Waals surface area contributed by atoms with E-state index in [0.29, 0.717) is 26.1 Å². The van der Waals surface area contributed by atoms with Crippen molar-refractivity contribution < 1.29 is 33.4 Å². The molecule has 15 nitrogen and oxygen atoms in total. The first-order valence-corrected chi connectivity index (χ1v) is 22.9. The lowest BCUT2D eigenvalue weighted by atomic mass is 9.90. The first kappa shape index (κ1) is 45.4. The lowest BCUT2D eigenvalue weighted by molar-refractivity contribution is -0.139. The van der Waals surface area contributed by atoms with Crippen molar-refractivity contribution in [2.45, 2.75) is 103 Å². The zero-order chi connectivity index (χ0) is 46.1.